The summed E-state index contributed by atoms with van der Waals surface area (Å²) in [6, 6.07) is 0. The molecule has 1 amide bonds. The summed E-state index contributed by atoms with van der Waals surface area (Å²) in [5, 5.41) is 6.95. The Morgan fingerprint density at radius 3 is 2.67 bits per heavy atom. The number of ether oxygens (including phenoxy) is 1. The van der Waals surface area contributed by atoms with Gasteiger partial charge >= 0.3 is 6.09 Å². The highest BCUT2D eigenvalue weighted by atomic mass is 16.5. The molecule has 5 nitrogen and oxygen atoms in total. The first kappa shape index (κ1) is 11.6. The summed E-state index contributed by atoms with van der Waals surface area (Å²) in [4.78, 5) is 10.8. The smallest absolute Gasteiger partial charge is 0.406 e. The molecule has 15 heavy (non-hydrogen) atoms. The molecule has 0 fully saturated rings. The second kappa shape index (κ2) is 4.82. The lowest BCUT2D eigenvalue weighted by Gasteiger charge is -2.04. The van der Waals surface area contributed by atoms with Gasteiger partial charge in [0.05, 0.1) is 12.8 Å². The normalized spacial score (nSPS) is 10.1. The summed E-state index contributed by atoms with van der Waals surface area (Å²) in [5.74, 6) is 0. The van der Waals surface area contributed by atoms with Crippen LogP contribution in [-0.2, 0) is 18.2 Å². The minimum absolute atomic E-state index is 0.394. The van der Waals surface area contributed by atoms with Crippen molar-refractivity contribution in [3.63, 3.8) is 0 Å². The molecular weight excluding hydrogens is 194 g/mol. The maximum atomic E-state index is 10.8. The molecule has 5 heteroatoms. The van der Waals surface area contributed by atoms with E-state index in [0.29, 0.717) is 6.54 Å². The standard InChI is InChI=1S/C10H17N3O2/c1-7-9(8(2)13(3)12-7)5-6-11-10(14)15-4/h5-6H2,1-4H3,(H,11,14). The Balaban J connectivity index is 2.54. The fourth-order valence-corrected chi connectivity index (χ4v) is 1.54. The van der Waals surface area contributed by atoms with E-state index in [2.05, 4.69) is 15.2 Å². The summed E-state index contributed by atoms with van der Waals surface area (Å²) in [7, 11) is 3.27. The van der Waals surface area contributed by atoms with Gasteiger partial charge in [-0.25, -0.2) is 4.79 Å². The predicted molar refractivity (Wildman–Crippen MR) is 56.8 cm³/mol. The molecule has 0 aromatic carbocycles. The average Bonchev–Trinajstić information content (AvgIpc) is 2.44. The zero-order valence-corrected chi connectivity index (χ0v) is 9.63. The number of carbonyl (C=O) groups excluding carboxylic acids is 1. The molecular formula is C10H17N3O2. The Bertz CT molecular complexity index is 358. The Labute approximate surface area is 89.4 Å². The van der Waals surface area contributed by atoms with Gasteiger partial charge in [-0.3, -0.25) is 4.68 Å². The van der Waals surface area contributed by atoms with Gasteiger partial charge in [0.25, 0.3) is 0 Å². The van der Waals surface area contributed by atoms with E-state index in [1.54, 1.807) is 0 Å². The van der Waals surface area contributed by atoms with Crippen LogP contribution in [0, 0.1) is 13.8 Å². The first-order chi connectivity index (χ1) is 7.06. The number of hydrogen-bond donors (Lipinski definition) is 1. The van der Waals surface area contributed by atoms with Crippen LogP contribution in [0.1, 0.15) is 17.0 Å². The van der Waals surface area contributed by atoms with Crippen LogP contribution in [0.15, 0.2) is 0 Å². The van der Waals surface area contributed by atoms with Crippen molar-refractivity contribution < 1.29 is 9.53 Å². The highest BCUT2D eigenvalue weighted by molar-refractivity contribution is 5.66. The SMILES string of the molecule is COC(=O)NCCc1c(C)nn(C)c1C. The molecule has 0 aliphatic heterocycles. The quantitative estimate of drug-likeness (QED) is 0.809. The van der Waals surface area contributed by atoms with Crippen LogP contribution < -0.4 is 5.32 Å². The first-order valence-corrected chi connectivity index (χ1v) is 4.87. The van der Waals surface area contributed by atoms with E-state index in [-0.39, 0.29) is 0 Å². The number of aryl methyl sites for hydroxylation is 2. The van der Waals surface area contributed by atoms with E-state index in [4.69, 9.17) is 0 Å². The highest BCUT2D eigenvalue weighted by Crippen LogP contribution is 2.11. The molecule has 0 spiro atoms. The molecule has 0 aliphatic carbocycles. The molecule has 84 valence electrons. The number of nitrogens with one attached hydrogen (secondary N) is 1. The molecule has 1 N–H and O–H groups in total. The molecule has 1 heterocycles. The van der Waals surface area contributed by atoms with Gasteiger partial charge in [0.2, 0.25) is 0 Å². The molecule has 1 aromatic heterocycles. The van der Waals surface area contributed by atoms with Crippen LogP contribution in [0.3, 0.4) is 0 Å². The number of hydrogen-bond acceptors (Lipinski definition) is 3. The number of carbonyl (C=O) groups is 1. The first-order valence-electron chi connectivity index (χ1n) is 4.87. The Hall–Kier alpha value is -1.52. The maximum absolute atomic E-state index is 10.8. The fraction of sp³-hybridized carbons (Fsp3) is 0.600. The summed E-state index contributed by atoms with van der Waals surface area (Å²) >= 11 is 0. The zero-order chi connectivity index (χ0) is 11.4. The average molecular weight is 211 g/mol. The number of aromatic nitrogens is 2. The summed E-state index contributed by atoms with van der Waals surface area (Å²) < 4.78 is 6.33. The second-order valence-electron chi connectivity index (χ2n) is 3.44. The maximum Gasteiger partial charge on any atom is 0.406 e. The molecule has 1 rings (SSSR count). The van der Waals surface area contributed by atoms with Gasteiger partial charge in [0.1, 0.15) is 0 Å². The van der Waals surface area contributed by atoms with Crippen molar-refractivity contribution in [3.8, 4) is 0 Å². The van der Waals surface area contributed by atoms with Crippen LogP contribution in [0.25, 0.3) is 0 Å². The van der Waals surface area contributed by atoms with E-state index in [1.807, 2.05) is 25.6 Å². The Morgan fingerprint density at radius 2 is 2.20 bits per heavy atom. The highest BCUT2D eigenvalue weighted by Gasteiger charge is 2.09. The second-order valence-corrected chi connectivity index (χ2v) is 3.44. The topological polar surface area (TPSA) is 56.1 Å². The van der Waals surface area contributed by atoms with Crippen molar-refractivity contribution in [2.24, 2.45) is 7.05 Å². The van der Waals surface area contributed by atoms with Gasteiger partial charge in [-0.05, 0) is 25.8 Å². The van der Waals surface area contributed by atoms with Crippen molar-refractivity contribution in [2.45, 2.75) is 20.3 Å². The third-order valence-corrected chi connectivity index (χ3v) is 2.49. The van der Waals surface area contributed by atoms with Crippen molar-refractivity contribution in [2.75, 3.05) is 13.7 Å². The van der Waals surface area contributed by atoms with Crippen molar-refractivity contribution in [1.82, 2.24) is 15.1 Å². The van der Waals surface area contributed by atoms with E-state index >= 15 is 0 Å². The molecule has 0 atom stereocenters. The van der Waals surface area contributed by atoms with Gasteiger partial charge < -0.3 is 10.1 Å². The van der Waals surface area contributed by atoms with E-state index < -0.39 is 6.09 Å². The largest absolute Gasteiger partial charge is 0.453 e. The van der Waals surface area contributed by atoms with Crippen LogP contribution in [-0.4, -0.2) is 29.5 Å². The minimum atomic E-state index is -0.394. The van der Waals surface area contributed by atoms with Crippen molar-refractivity contribution in [1.29, 1.82) is 0 Å². The minimum Gasteiger partial charge on any atom is -0.453 e. The van der Waals surface area contributed by atoms with Crippen LogP contribution in [0.2, 0.25) is 0 Å². The molecule has 0 radical (unpaired) electrons. The zero-order valence-electron chi connectivity index (χ0n) is 9.63. The number of methoxy groups -OCH3 is 1. The van der Waals surface area contributed by atoms with Crippen LogP contribution >= 0.6 is 0 Å². The number of rotatable bonds is 3. The van der Waals surface area contributed by atoms with Gasteiger partial charge in [0.15, 0.2) is 0 Å². The number of alkyl carbamates (subject to hydrolysis) is 1. The molecule has 0 saturated heterocycles. The summed E-state index contributed by atoms with van der Waals surface area (Å²) in [5.41, 5.74) is 3.34. The van der Waals surface area contributed by atoms with Gasteiger partial charge in [0, 0.05) is 19.3 Å². The molecule has 0 bridgehead atoms. The molecule has 1 aromatic rings. The number of nitrogens with zero attached hydrogens (tertiary/aromatic N) is 2. The summed E-state index contributed by atoms with van der Waals surface area (Å²) in [6.07, 6.45) is 0.384. The lowest BCUT2D eigenvalue weighted by molar-refractivity contribution is 0.171. The summed E-state index contributed by atoms with van der Waals surface area (Å²) in [6.45, 7) is 4.56. The van der Waals surface area contributed by atoms with E-state index in [1.165, 1.54) is 12.7 Å². The van der Waals surface area contributed by atoms with Crippen molar-refractivity contribution in [3.05, 3.63) is 17.0 Å². The van der Waals surface area contributed by atoms with Gasteiger partial charge in [-0.15, -0.1) is 0 Å². The van der Waals surface area contributed by atoms with Crippen LogP contribution in [0.4, 0.5) is 4.79 Å². The molecule has 0 aliphatic rings. The third kappa shape index (κ3) is 2.71. The van der Waals surface area contributed by atoms with Gasteiger partial charge in [-0.2, -0.15) is 5.10 Å². The van der Waals surface area contributed by atoms with E-state index in [0.717, 1.165) is 17.8 Å². The lowest BCUT2D eigenvalue weighted by Crippen LogP contribution is -2.25. The van der Waals surface area contributed by atoms with Gasteiger partial charge in [-0.1, -0.05) is 0 Å². The fourth-order valence-electron chi connectivity index (χ4n) is 1.54. The predicted octanol–water partition coefficient (Wildman–Crippen LogP) is 0.935. The molecule has 0 unspecified atom stereocenters. The van der Waals surface area contributed by atoms with Crippen LogP contribution in [0.5, 0.6) is 0 Å². The monoisotopic (exact) mass is 211 g/mol. The van der Waals surface area contributed by atoms with Crippen molar-refractivity contribution >= 4 is 6.09 Å². The number of amides is 1. The third-order valence-electron chi connectivity index (χ3n) is 2.49. The Kier molecular flexibility index (Phi) is 3.71. The molecule has 0 saturated carbocycles. The van der Waals surface area contributed by atoms with E-state index in [9.17, 15) is 4.79 Å². The Morgan fingerprint density at radius 1 is 1.53 bits per heavy atom. The lowest BCUT2D eigenvalue weighted by atomic mass is 10.1.